The van der Waals surface area contributed by atoms with Gasteiger partial charge in [-0.3, -0.25) is 0 Å². The molecular weight excluding hydrogens is 242 g/mol. The van der Waals surface area contributed by atoms with Crippen LogP contribution < -0.4 is 5.73 Å². The quantitative estimate of drug-likeness (QED) is 0.827. The fourth-order valence-electron chi connectivity index (χ4n) is 0.915. The van der Waals surface area contributed by atoms with Crippen molar-refractivity contribution in [1.29, 1.82) is 5.26 Å². The Labute approximate surface area is 82.1 Å². The highest BCUT2D eigenvalue weighted by Crippen LogP contribution is 2.23. The molecule has 0 spiro atoms. The normalized spacial score (nSPS) is 12.2. The van der Waals surface area contributed by atoms with E-state index in [1.807, 2.05) is 0 Å². The first kappa shape index (κ1) is 10.1. The fourth-order valence-corrected chi connectivity index (χ4v) is 1.32. The molecule has 0 fully saturated rings. The van der Waals surface area contributed by atoms with Crippen LogP contribution in [-0.2, 0) is 0 Å². The predicted molar refractivity (Wildman–Crippen MR) is 46.6 cm³/mol. The molecule has 0 saturated heterocycles. The van der Waals surface area contributed by atoms with Gasteiger partial charge >= 0.3 is 0 Å². The minimum Gasteiger partial charge on any atom is -0.312 e. The van der Waals surface area contributed by atoms with E-state index in [9.17, 15) is 8.78 Å². The Kier molecular flexibility index (Phi) is 2.96. The van der Waals surface area contributed by atoms with E-state index in [0.717, 1.165) is 12.1 Å². The number of nitriles is 1. The standard InChI is InChI=1S/C8H5BrF2N2/c9-4-1-5(10)8(6(11)2-4)7(13)3-12/h1-2,7H,13H2/t7-/m1/s1. The van der Waals surface area contributed by atoms with Gasteiger partial charge < -0.3 is 5.73 Å². The average molecular weight is 247 g/mol. The number of nitrogens with zero attached hydrogens (tertiary/aromatic N) is 1. The smallest absolute Gasteiger partial charge is 0.133 e. The van der Waals surface area contributed by atoms with Gasteiger partial charge in [0.05, 0.1) is 11.6 Å². The van der Waals surface area contributed by atoms with Gasteiger partial charge in [-0.15, -0.1) is 0 Å². The maximum absolute atomic E-state index is 13.0. The topological polar surface area (TPSA) is 49.8 Å². The molecular formula is C8H5BrF2N2. The highest BCUT2D eigenvalue weighted by atomic mass is 79.9. The number of hydrogen-bond donors (Lipinski definition) is 1. The van der Waals surface area contributed by atoms with Crippen LogP contribution in [0.5, 0.6) is 0 Å². The van der Waals surface area contributed by atoms with Crippen molar-refractivity contribution in [2.24, 2.45) is 5.73 Å². The van der Waals surface area contributed by atoms with Crippen molar-refractivity contribution in [3.05, 3.63) is 33.8 Å². The SMILES string of the molecule is N#C[C@@H](N)c1c(F)cc(Br)cc1F. The Morgan fingerprint density at radius 3 is 2.23 bits per heavy atom. The molecule has 0 amide bonds. The lowest BCUT2D eigenvalue weighted by Gasteiger charge is -2.06. The molecule has 0 bridgehead atoms. The van der Waals surface area contributed by atoms with Crippen LogP contribution in [0, 0.1) is 23.0 Å². The molecule has 1 rings (SSSR count). The number of hydrogen-bond acceptors (Lipinski definition) is 2. The Morgan fingerprint density at radius 1 is 1.38 bits per heavy atom. The third-order valence-corrected chi connectivity index (χ3v) is 1.95. The summed E-state index contributed by atoms with van der Waals surface area (Å²) in [6.45, 7) is 0. The van der Waals surface area contributed by atoms with Crippen LogP contribution in [0.2, 0.25) is 0 Å². The lowest BCUT2D eigenvalue weighted by atomic mass is 10.1. The molecule has 68 valence electrons. The van der Waals surface area contributed by atoms with Crippen molar-refractivity contribution < 1.29 is 8.78 Å². The van der Waals surface area contributed by atoms with Crippen LogP contribution in [0.25, 0.3) is 0 Å². The highest BCUT2D eigenvalue weighted by molar-refractivity contribution is 9.10. The lowest BCUT2D eigenvalue weighted by Crippen LogP contribution is -2.11. The largest absolute Gasteiger partial charge is 0.312 e. The Hall–Kier alpha value is -0.990. The first-order valence-corrected chi connectivity index (χ1v) is 4.15. The Balaban J connectivity index is 3.30. The van der Waals surface area contributed by atoms with Crippen molar-refractivity contribution in [1.82, 2.24) is 0 Å². The molecule has 0 aliphatic heterocycles. The van der Waals surface area contributed by atoms with E-state index in [0.29, 0.717) is 0 Å². The molecule has 0 aromatic heterocycles. The van der Waals surface area contributed by atoms with Crippen LogP contribution in [0.15, 0.2) is 16.6 Å². The summed E-state index contributed by atoms with van der Waals surface area (Å²) in [6, 6.07) is 2.42. The first-order chi connectivity index (χ1) is 6.06. The van der Waals surface area contributed by atoms with Crippen molar-refractivity contribution in [2.75, 3.05) is 0 Å². The zero-order valence-corrected chi connectivity index (χ0v) is 7.98. The summed E-state index contributed by atoms with van der Waals surface area (Å²) >= 11 is 2.91. The van der Waals surface area contributed by atoms with E-state index in [-0.39, 0.29) is 4.47 Å². The van der Waals surface area contributed by atoms with E-state index >= 15 is 0 Å². The number of benzene rings is 1. The fraction of sp³-hybridized carbons (Fsp3) is 0.125. The van der Waals surface area contributed by atoms with E-state index in [2.05, 4.69) is 15.9 Å². The second-order valence-corrected chi connectivity index (χ2v) is 3.31. The van der Waals surface area contributed by atoms with Gasteiger partial charge in [-0.2, -0.15) is 5.26 Å². The van der Waals surface area contributed by atoms with E-state index in [4.69, 9.17) is 11.0 Å². The summed E-state index contributed by atoms with van der Waals surface area (Å²) in [5.74, 6) is -1.64. The summed E-state index contributed by atoms with van der Waals surface area (Å²) in [6.07, 6.45) is 0. The molecule has 13 heavy (non-hydrogen) atoms. The molecule has 0 aliphatic rings. The average Bonchev–Trinajstić information content (AvgIpc) is 2.02. The monoisotopic (exact) mass is 246 g/mol. The van der Waals surface area contributed by atoms with Crippen LogP contribution in [0.3, 0.4) is 0 Å². The zero-order valence-electron chi connectivity index (χ0n) is 6.39. The second-order valence-electron chi connectivity index (χ2n) is 2.39. The molecule has 0 radical (unpaired) electrons. The molecule has 1 aromatic carbocycles. The highest BCUT2D eigenvalue weighted by Gasteiger charge is 2.16. The van der Waals surface area contributed by atoms with E-state index in [1.165, 1.54) is 0 Å². The summed E-state index contributed by atoms with van der Waals surface area (Å²) in [5, 5.41) is 8.39. The molecule has 0 aliphatic carbocycles. The zero-order chi connectivity index (χ0) is 10.0. The van der Waals surface area contributed by atoms with Gasteiger partial charge in [-0.25, -0.2) is 8.78 Å². The molecule has 0 unspecified atom stereocenters. The molecule has 0 saturated carbocycles. The summed E-state index contributed by atoms with van der Waals surface area (Å²) < 4.78 is 26.4. The van der Waals surface area contributed by atoms with Crippen molar-refractivity contribution >= 4 is 15.9 Å². The molecule has 1 aromatic rings. The first-order valence-electron chi connectivity index (χ1n) is 3.36. The van der Waals surface area contributed by atoms with Gasteiger partial charge in [-0.05, 0) is 12.1 Å². The molecule has 0 heterocycles. The second kappa shape index (κ2) is 3.81. The van der Waals surface area contributed by atoms with Crippen LogP contribution >= 0.6 is 15.9 Å². The lowest BCUT2D eigenvalue weighted by molar-refractivity contribution is 0.546. The maximum atomic E-state index is 13.0. The van der Waals surface area contributed by atoms with E-state index in [1.54, 1.807) is 6.07 Å². The minimum absolute atomic E-state index is 0.274. The van der Waals surface area contributed by atoms with Gasteiger partial charge in [-0.1, -0.05) is 15.9 Å². The van der Waals surface area contributed by atoms with Gasteiger partial charge in [0.2, 0.25) is 0 Å². The van der Waals surface area contributed by atoms with Gasteiger partial charge in [0.25, 0.3) is 0 Å². The van der Waals surface area contributed by atoms with Crippen molar-refractivity contribution in [3.8, 4) is 6.07 Å². The summed E-state index contributed by atoms with van der Waals surface area (Å²) in [4.78, 5) is 0. The minimum atomic E-state index is -1.27. The van der Waals surface area contributed by atoms with Gasteiger partial charge in [0.1, 0.15) is 17.7 Å². The number of nitrogens with two attached hydrogens (primary N) is 1. The Morgan fingerprint density at radius 2 is 1.85 bits per heavy atom. The van der Waals surface area contributed by atoms with Crippen LogP contribution in [0.4, 0.5) is 8.78 Å². The number of halogens is 3. The summed E-state index contributed by atoms with van der Waals surface area (Å²) in [5.41, 5.74) is 4.79. The molecule has 2 nitrogen and oxygen atoms in total. The van der Waals surface area contributed by atoms with Crippen LogP contribution in [-0.4, -0.2) is 0 Å². The third-order valence-electron chi connectivity index (χ3n) is 1.49. The van der Waals surface area contributed by atoms with Crippen molar-refractivity contribution in [2.45, 2.75) is 6.04 Å². The maximum Gasteiger partial charge on any atom is 0.133 e. The third kappa shape index (κ3) is 2.02. The summed E-state index contributed by atoms with van der Waals surface area (Å²) in [7, 11) is 0. The molecule has 2 N–H and O–H groups in total. The van der Waals surface area contributed by atoms with Crippen LogP contribution in [0.1, 0.15) is 11.6 Å². The Bertz CT molecular complexity index is 350. The van der Waals surface area contributed by atoms with Gasteiger partial charge in [0, 0.05) is 4.47 Å². The number of rotatable bonds is 1. The predicted octanol–water partition coefficient (Wildman–Crippen LogP) is 2.25. The molecule has 1 atom stereocenters. The van der Waals surface area contributed by atoms with Crippen molar-refractivity contribution in [3.63, 3.8) is 0 Å². The molecule has 5 heteroatoms. The van der Waals surface area contributed by atoms with Gasteiger partial charge in [0.15, 0.2) is 0 Å². The van der Waals surface area contributed by atoms with E-state index < -0.39 is 23.2 Å².